The van der Waals surface area contributed by atoms with Crippen LogP contribution in [0.3, 0.4) is 0 Å². The molecule has 2 amide bonds. The quantitative estimate of drug-likeness (QED) is 0.923. The van der Waals surface area contributed by atoms with Crippen molar-refractivity contribution in [1.82, 2.24) is 5.32 Å². The van der Waals surface area contributed by atoms with E-state index in [1.54, 1.807) is 24.3 Å². The topological polar surface area (TPSA) is 49.4 Å². The van der Waals surface area contributed by atoms with Crippen LogP contribution in [0, 0.1) is 5.92 Å². The summed E-state index contributed by atoms with van der Waals surface area (Å²) in [6.45, 7) is 4.07. The number of para-hydroxylation sites is 1. The van der Waals surface area contributed by atoms with Crippen molar-refractivity contribution in [1.29, 1.82) is 0 Å². The molecule has 19 heavy (non-hydrogen) atoms. The van der Waals surface area contributed by atoms with Gasteiger partial charge < -0.3 is 5.32 Å². The van der Waals surface area contributed by atoms with Crippen molar-refractivity contribution in [3.63, 3.8) is 0 Å². The molecule has 0 saturated carbocycles. The Hall–Kier alpha value is -1.55. The van der Waals surface area contributed by atoms with Crippen molar-refractivity contribution >= 4 is 29.1 Å². The van der Waals surface area contributed by atoms with E-state index >= 15 is 0 Å². The van der Waals surface area contributed by atoms with Gasteiger partial charge in [0.2, 0.25) is 11.8 Å². The Balaban J connectivity index is 2.27. The van der Waals surface area contributed by atoms with Crippen LogP contribution in [-0.4, -0.2) is 24.4 Å². The first-order chi connectivity index (χ1) is 8.99. The minimum Gasteiger partial charge on any atom is -0.343 e. The van der Waals surface area contributed by atoms with Crippen LogP contribution in [0.2, 0.25) is 5.02 Å². The maximum Gasteiger partial charge on any atom is 0.250 e. The first-order valence-corrected chi connectivity index (χ1v) is 6.72. The molecule has 0 aliphatic carbocycles. The molecule has 1 N–H and O–H groups in total. The summed E-state index contributed by atoms with van der Waals surface area (Å²) < 4.78 is 0. The van der Waals surface area contributed by atoms with Crippen LogP contribution in [0.25, 0.3) is 0 Å². The second kappa shape index (κ2) is 5.61. The smallest absolute Gasteiger partial charge is 0.250 e. The highest BCUT2D eigenvalue weighted by Crippen LogP contribution is 2.27. The van der Waals surface area contributed by atoms with Gasteiger partial charge in [-0.1, -0.05) is 37.6 Å². The number of rotatable bonds is 3. The summed E-state index contributed by atoms with van der Waals surface area (Å²) in [7, 11) is 0. The number of anilines is 1. The number of halogens is 1. The molecule has 5 heteroatoms. The van der Waals surface area contributed by atoms with E-state index in [4.69, 9.17) is 11.6 Å². The van der Waals surface area contributed by atoms with Gasteiger partial charge in [0.05, 0.1) is 10.7 Å². The molecule has 1 atom stereocenters. The molecule has 4 nitrogen and oxygen atoms in total. The predicted molar refractivity (Wildman–Crippen MR) is 75.2 cm³/mol. The summed E-state index contributed by atoms with van der Waals surface area (Å²) in [5, 5.41) is 3.22. The molecule has 102 valence electrons. The monoisotopic (exact) mass is 280 g/mol. The molecule has 1 fully saturated rings. The Morgan fingerprint density at radius 2 is 2.05 bits per heavy atom. The van der Waals surface area contributed by atoms with E-state index in [-0.39, 0.29) is 18.4 Å². The van der Waals surface area contributed by atoms with E-state index in [1.807, 2.05) is 13.8 Å². The normalized spacial score (nSPS) is 19.8. The largest absolute Gasteiger partial charge is 0.343 e. The highest BCUT2D eigenvalue weighted by Gasteiger charge is 2.34. The third-order valence-corrected chi connectivity index (χ3v) is 3.37. The van der Waals surface area contributed by atoms with Crippen LogP contribution in [0.4, 0.5) is 5.69 Å². The standard InChI is InChI=1S/C14H17ClN2O2/c1-9(2)7-11-14(19)17(8-13(18)16-11)12-6-4-3-5-10(12)15/h3-6,9,11H,7-8H2,1-2H3,(H,16,18). The lowest BCUT2D eigenvalue weighted by Gasteiger charge is -2.33. The number of hydrogen-bond acceptors (Lipinski definition) is 2. The van der Waals surface area contributed by atoms with E-state index in [0.717, 1.165) is 0 Å². The average Bonchev–Trinajstić information content (AvgIpc) is 2.33. The maximum atomic E-state index is 12.4. The van der Waals surface area contributed by atoms with Crippen molar-refractivity contribution in [2.45, 2.75) is 26.3 Å². The Morgan fingerprint density at radius 1 is 1.37 bits per heavy atom. The molecular weight excluding hydrogens is 264 g/mol. The summed E-state index contributed by atoms with van der Waals surface area (Å²) >= 11 is 6.10. The van der Waals surface area contributed by atoms with E-state index < -0.39 is 6.04 Å². The van der Waals surface area contributed by atoms with E-state index in [0.29, 0.717) is 23.0 Å². The SMILES string of the molecule is CC(C)CC1NC(=O)CN(c2ccccc2Cl)C1=O. The van der Waals surface area contributed by atoms with Gasteiger partial charge in [0.25, 0.3) is 0 Å². The number of carbonyl (C=O) groups is 2. The number of amides is 2. The third-order valence-electron chi connectivity index (χ3n) is 3.05. The fourth-order valence-corrected chi connectivity index (χ4v) is 2.45. The average molecular weight is 281 g/mol. The lowest BCUT2D eigenvalue weighted by molar-refractivity contribution is -0.131. The zero-order valence-electron chi connectivity index (χ0n) is 11.0. The van der Waals surface area contributed by atoms with Gasteiger partial charge >= 0.3 is 0 Å². The van der Waals surface area contributed by atoms with Crippen LogP contribution in [-0.2, 0) is 9.59 Å². The van der Waals surface area contributed by atoms with Crippen molar-refractivity contribution in [3.8, 4) is 0 Å². The van der Waals surface area contributed by atoms with Crippen LogP contribution in [0.1, 0.15) is 20.3 Å². The van der Waals surface area contributed by atoms with Crippen LogP contribution in [0.15, 0.2) is 24.3 Å². The molecule has 0 radical (unpaired) electrons. The molecule has 1 aromatic carbocycles. The van der Waals surface area contributed by atoms with Crippen molar-refractivity contribution in [2.75, 3.05) is 11.4 Å². The lowest BCUT2D eigenvalue weighted by atomic mass is 10.0. The van der Waals surface area contributed by atoms with Gasteiger partial charge in [-0.3, -0.25) is 14.5 Å². The lowest BCUT2D eigenvalue weighted by Crippen LogP contribution is -2.58. The van der Waals surface area contributed by atoms with Gasteiger partial charge in [-0.15, -0.1) is 0 Å². The minimum absolute atomic E-state index is 0.0250. The Bertz CT molecular complexity index is 502. The van der Waals surface area contributed by atoms with E-state index in [1.165, 1.54) is 4.90 Å². The number of benzene rings is 1. The number of nitrogens with zero attached hydrogens (tertiary/aromatic N) is 1. The number of piperazine rings is 1. The highest BCUT2D eigenvalue weighted by atomic mass is 35.5. The maximum absolute atomic E-state index is 12.4. The van der Waals surface area contributed by atoms with Gasteiger partial charge in [0.1, 0.15) is 12.6 Å². The molecule has 0 spiro atoms. The Kier molecular flexibility index (Phi) is 4.10. The van der Waals surface area contributed by atoms with Crippen molar-refractivity contribution < 1.29 is 9.59 Å². The summed E-state index contributed by atoms with van der Waals surface area (Å²) in [6, 6.07) is 6.61. The first-order valence-electron chi connectivity index (χ1n) is 6.34. The fourth-order valence-electron chi connectivity index (χ4n) is 2.22. The summed E-state index contributed by atoms with van der Waals surface area (Å²) in [4.78, 5) is 25.6. The number of nitrogens with one attached hydrogen (secondary N) is 1. The molecule has 2 rings (SSSR count). The fraction of sp³-hybridized carbons (Fsp3) is 0.429. The molecule has 1 unspecified atom stereocenters. The Labute approximate surface area is 117 Å². The molecular formula is C14H17ClN2O2. The summed E-state index contributed by atoms with van der Waals surface area (Å²) in [6.07, 6.45) is 0.630. The third kappa shape index (κ3) is 3.07. The van der Waals surface area contributed by atoms with Crippen LogP contribution >= 0.6 is 11.6 Å². The van der Waals surface area contributed by atoms with Gasteiger partial charge in [-0.05, 0) is 24.5 Å². The second-order valence-electron chi connectivity index (χ2n) is 5.13. The molecule has 1 heterocycles. The molecule has 0 aromatic heterocycles. The van der Waals surface area contributed by atoms with Crippen LogP contribution in [0.5, 0.6) is 0 Å². The molecule has 0 bridgehead atoms. The number of carbonyl (C=O) groups excluding carboxylic acids is 2. The Morgan fingerprint density at radius 3 is 2.68 bits per heavy atom. The molecule has 1 aromatic rings. The molecule has 1 aliphatic rings. The van der Waals surface area contributed by atoms with Gasteiger partial charge in [0, 0.05) is 0 Å². The van der Waals surface area contributed by atoms with Gasteiger partial charge in [-0.2, -0.15) is 0 Å². The van der Waals surface area contributed by atoms with Gasteiger partial charge in [-0.25, -0.2) is 0 Å². The second-order valence-corrected chi connectivity index (χ2v) is 5.53. The zero-order valence-corrected chi connectivity index (χ0v) is 11.8. The predicted octanol–water partition coefficient (Wildman–Crippen LogP) is 2.22. The number of hydrogen-bond donors (Lipinski definition) is 1. The summed E-state index contributed by atoms with van der Waals surface area (Å²) in [5.41, 5.74) is 0.595. The van der Waals surface area contributed by atoms with Crippen molar-refractivity contribution in [2.24, 2.45) is 5.92 Å². The van der Waals surface area contributed by atoms with E-state index in [9.17, 15) is 9.59 Å². The molecule has 1 aliphatic heterocycles. The van der Waals surface area contributed by atoms with Crippen LogP contribution < -0.4 is 10.2 Å². The van der Waals surface area contributed by atoms with Gasteiger partial charge in [0.15, 0.2) is 0 Å². The van der Waals surface area contributed by atoms with Crippen molar-refractivity contribution in [3.05, 3.63) is 29.3 Å². The zero-order chi connectivity index (χ0) is 14.0. The summed E-state index contributed by atoms with van der Waals surface area (Å²) in [5.74, 6) is 0.0898. The highest BCUT2D eigenvalue weighted by molar-refractivity contribution is 6.34. The minimum atomic E-state index is -0.461. The molecule has 1 saturated heterocycles. The van der Waals surface area contributed by atoms with E-state index in [2.05, 4.69) is 5.32 Å². The first kappa shape index (κ1) is 13.9.